The van der Waals surface area contributed by atoms with Gasteiger partial charge in [0.1, 0.15) is 5.82 Å². The van der Waals surface area contributed by atoms with Crippen molar-refractivity contribution in [3.05, 3.63) is 18.7 Å². The Morgan fingerprint density at radius 1 is 1.47 bits per heavy atom. The third-order valence-corrected chi connectivity index (χ3v) is 2.31. The SMILES string of the molecule is C=CCN(c1cc(OC)nc(N)n1)C(C)(C)C. The molecule has 0 aromatic carbocycles. The maximum Gasteiger partial charge on any atom is 0.225 e. The summed E-state index contributed by atoms with van der Waals surface area (Å²) < 4.78 is 5.09. The fourth-order valence-corrected chi connectivity index (χ4v) is 1.51. The standard InChI is InChI=1S/C12H20N4O/c1-6-7-16(12(2,3)4)9-8-10(17-5)15-11(13)14-9/h6,8H,1,7H2,2-5H3,(H2,13,14,15). The van der Waals surface area contributed by atoms with Crippen molar-refractivity contribution >= 4 is 11.8 Å². The van der Waals surface area contributed by atoms with Gasteiger partial charge in [0.05, 0.1) is 7.11 Å². The summed E-state index contributed by atoms with van der Waals surface area (Å²) in [6, 6.07) is 1.77. The summed E-state index contributed by atoms with van der Waals surface area (Å²) in [7, 11) is 1.56. The molecule has 0 aliphatic rings. The lowest BCUT2D eigenvalue weighted by Gasteiger charge is -2.36. The van der Waals surface area contributed by atoms with E-state index >= 15 is 0 Å². The fraction of sp³-hybridized carbons (Fsp3) is 0.500. The Labute approximate surface area is 102 Å². The molecule has 1 rings (SSSR count). The fourth-order valence-electron chi connectivity index (χ4n) is 1.51. The van der Waals surface area contributed by atoms with E-state index in [1.165, 1.54) is 0 Å². The van der Waals surface area contributed by atoms with Gasteiger partial charge in [-0.15, -0.1) is 6.58 Å². The number of hydrogen-bond donors (Lipinski definition) is 1. The number of methoxy groups -OCH3 is 1. The largest absolute Gasteiger partial charge is 0.481 e. The zero-order valence-electron chi connectivity index (χ0n) is 10.9. The Balaban J connectivity index is 3.18. The number of hydrogen-bond acceptors (Lipinski definition) is 5. The van der Waals surface area contributed by atoms with E-state index in [2.05, 4.69) is 42.2 Å². The number of nitrogens with zero attached hydrogens (tertiary/aromatic N) is 3. The highest BCUT2D eigenvalue weighted by molar-refractivity contribution is 5.48. The molecule has 0 saturated heterocycles. The molecule has 0 amide bonds. The summed E-state index contributed by atoms with van der Waals surface area (Å²) in [5.41, 5.74) is 5.57. The molecule has 1 heterocycles. The molecule has 0 radical (unpaired) electrons. The second kappa shape index (κ2) is 5.03. The number of anilines is 2. The Kier molecular flexibility index (Phi) is 3.93. The summed E-state index contributed by atoms with van der Waals surface area (Å²) in [6.45, 7) is 10.7. The van der Waals surface area contributed by atoms with Crippen LogP contribution < -0.4 is 15.4 Å². The molecule has 0 fully saturated rings. The molecule has 1 aromatic heterocycles. The third-order valence-electron chi connectivity index (χ3n) is 2.31. The van der Waals surface area contributed by atoms with E-state index in [1.807, 2.05) is 6.08 Å². The quantitative estimate of drug-likeness (QED) is 0.808. The van der Waals surface area contributed by atoms with Crippen LogP contribution in [0.2, 0.25) is 0 Å². The van der Waals surface area contributed by atoms with Gasteiger partial charge in [0, 0.05) is 18.2 Å². The van der Waals surface area contributed by atoms with Gasteiger partial charge in [-0.1, -0.05) is 6.08 Å². The van der Waals surface area contributed by atoms with Gasteiger partial charge in [-0.25, -0.2) is 0 Å². The van der Waals surface area contributed by atoms with Crippen LogP contribution in [0.15, 0.2) is 18.7 Å². The minimum atomic E-state index is -0.0833. The van der Waals surface area contributed by atoms with E-state index in [1.54, 1.807) is 13.2 Å². The van der Waals surface area contributed by atoms with Gasteiger partial charge < -0.3 is 15.4 Å². The van der Waals surface area contributed by atoms with Crippen LogP contribution in [0.25, 0.3) is 0 Å². The van der Waals surface area contributed by atoms with Crippen molar-refractivity contribution < 1.29 is 4.74 Å². The molecule has 2 N–H and O–H groups in total. The van der Waals surface area contributed by atoms with Crippen molar-refractivity contribution in [3.8, 4) is 5.88 Å². The highest BCUT2D eigenvalue weighted by atomic mass is 16.5. The average molecular weight is 236 g/mol. The molecule has 5 heteroatoms. The van der Waals surface area contributed by atoms with E-state index < -0.39 is 0 Å². The molecule has 0 unspecified atom stereocenters. The number of rotatable bonds is 4. The smallest absolute Gasteiger partial charge is 0.225 e. The molecule has 5 nitrogen and oxygen atoms in total. The van der Waals surface area contributed by atoms with E-state index in [0.29, 0.717) is 12.4 Å². The minimum Gasteiger partial charge on any atom is -0.481 e. The van der Waals surface area contributed by atoms with Crippen molar-refractivity contribution in [2.75, 3.05) is 24.3 Å². The molecule has 17 heavy (non-hydrogen) atoms. The third kappa shape index (κ3) is 3.34. The molecule has 0 saturated carbocycles. The first-order chi connectivity index (χ1) is 7.88. The zero-order valence-corrected chi connectivity index (χ0v) is 10.9. The topological polar surface area (TPSA) is 64.3 Å². The van der Waals surface area contributed by atoms with Gasteiger partial charge in [0.2, 0.25) is 11.8 Å². The summed E-state index contributed by atoms with van der Waals surface area (Å²) in [5, 5.41) is 0. The van der Waals surface area contributed by atoms with Gasteiger partial charge in [0.15, 0.2) is 0 Å². The maximum absolute atomic E-state index is 5.66. The van der Waals surface area contributed by atoms with E-state index in [4.69, 9.17) is 10.5 Å². The Bertz CT molecular complexity index is 398. The molecular weight excluding hydrogens is 216 g/mol. The normalized spacial score (nSPS) is 11.1. The molecule has 0 atom stereocenters. The van der Waals surface area contributed by atoms with Crippen molar-refractivity contribution in [1.29, 1.82) is 0 Å². The Hall–Kier alpha value is -1.78. The first-order valence-electron chi connectivity index (χ1n) is 5.45. The van der Waals surface area contributed by atoms with Crippen LogP contribution in [0, 0.1) is 0 Å². The van der Waals surface area contributed by atoms with Crippen LogP contribution in [0.3, 0.4) is 0 Å². The zero-order chi connectivity index (χ0) is 13.1. The second-order valence-corrected chi connectivity index (χ2v) is 4.70. The summed E-state index contributed by atoms with van der Waals surface area (Å²) >= 11 is 0. The molecule has 0 aliphatic heterocycles. The molecule has 0 spiro atoms. The lowest BCUT2D eigenvalue weighted by atomic mass is 10.1. The Morgan fingerprint density at radius 3 is 2.59 bits per heavy atom. The van der Waals surface area contributed by atoms with E-state index in [9.17, 15) is 0 Å². The summed E-state index contributed by atoms with van der Waals surface area (Å²) in [6.07, 6.45) is 1.83. The number of aromatic nitrogens is 2. The number of ether oxygens (including phenoxy) is 1. The summed E-state index contributed by atoms with van der Waals surface area (Å²) in [5.74, 6) is 1.41. The van der Waals surface area contributed by atoms with Crippen molar-refractivity contribution in [3.63, 3.8) is 0 Å². The van der Waals surface area contributed by atoms with Gasteiger partial charge in [-0.2, -0.15) is 9.97 Å². The number of nitrogens with two attached hydrogens (primary N) is 1. The van der Waals surface area contributed by atoms with Crippen molar-refractivity contribution in [1.82, 2.24) is 9.97 Å². The van der Waals surface area contributed by atoms with Crippen LogP contribution >= 0.6 is 0 Å². The summed E-state index contributed by atoms with van der Waals surface area (Å²) in [4.78, 5) is 10.3. The highest BCUT2D eigenvalue weighted by Crippen LogP contribution is 2.25. The molecule has 94 valence electrons. The van der Waals surface area contributed by atoms with Crippen LogP contribution in [0.4, 0.5) is 11.8 Å². The number of nitrogen functional groups attached to an aromatic ring is 1. The van der Waals surface area contributed by atoms with Crippen molar-refractivity contribution in [2.45, 2.75) is 26.3 Å². The maximum atomic E-state index is 5.66. The monoisotopic (exact) mass is 236 g/mol. The van der Waals surface area contributed by atoms with Gasteiger partial charge in [-0.3, -0.25) is 0 Å². The first-order valence-corrected chi connectivity index (χ1v) is 5.45. The second-order valence-electron chi connectivity index (χ2n) is 4.70. The van der Waals surface area contributed by atoms with Crippen LogP contribution in [0.1, 0.15) is 20.8 Å². The lowest BCUT2D eigenvalue weighted by Crippen LogP contribution is -2.42. The van der Waals surface area contributed by atoms with E-state index in [-0.39, 0.29) is 11.5 Å². The molecule has 0 bridgehead atoms. The first kappa shape index (κ1) is 13.3. The van der Waals surface area contributed by atoms with Crippen molar-refractivity contribution in [2.24, 2.45) is 0 Å². The minimum absolute atomic E-state index is 0.0833. The highest BCUT2D eigenvalue weighted by Gasteiger charge is 2.22. The van der Waals surface area contributed by atoms with Gasteiger partial charge in [0.25, 0.3) is 0 Å². The van der Waals surface area contributed by atoms with Crippen LogP contribution in [-0.2, 0) is 0 Å². The predicted octanol–water partition coefficient (Wildman–Crippen LogP) is 1.86. The van der Waals surface area contributed by atoms with Gasteiger partial charge in [-0.05, 0) is 20.8 Å². The molecule has 0 aliphatic carbocycles. The van der Waals surface area contributed by atoms with Gasteiger partial charge >= 0.3 is 0 Å². The van der Waals surface area contributed by atoms with Crippen LogP contribution in [-0.4, -0.2) is 29.2 Å². The predicted molar refractivity (Wildman–Crippen MR) is 70.3 cm³/mol. The Morgan fingerprint density at radius 2 is 2.12 bits per heavy atom. The van der Waals surface area contributed by atoms with E-state index in [0.717, 1.165) is 5.82 Å². The molecular formula is C12H20N4O. The van der Waals surface area contributed by atoms with Crippen LogP contribution in [0.5, 0.6) is 5.88 Å². The molecule has 1 aromatic rings. The average Bonchev–Trinajstić information content (AvgIpc) is 2.23. The lowest BCUT2D eigenvalue weighted by molar-refractivity contribution is 0.397.